The summed E-state index contributed by atoms with van der Waals surface area (Å²) >= 11 is 8.33. The van der Waals surface area contributed by atoms with Gasteiger partial charge < -0.3 is 19.8 Å². The molecule has 1 N–H and O–H groups in total. The first-order valence-corrected chi connectivity index (χ1v) is 16.7. The molecule has 2 aromatic rings. The highest BCUT2D eigenvalue weighted by molar-refractivity contribution is 8.02. The van der Waals surface area contributed by atoms with Crippen LogP contribution in [0.1, 0.15) is 38.7 Å². The number of likely N-dealkylation sites (tertiary alicyclic amines) is 1. The van der Waals surface area contributed by atoms with Crippen molar-refractivity contribution >= 4 is 52.5 Å². The number of amides is 3. The maximum absolute atomic E-state index is 15.0. The second-order valence-electron chi connectivity index (χ2n) is 12.2. The third-order valence-corrected chi connectivity index (χ3v) is 12.0. The molecule has 3 heterocycles. The molecule has 234 valence electrons. The smallest absolute Gasteiger partial charge is 0.251 e. The van der Waals surface area contributed by atoms with Gasteiger partial charge >= 0.3 is 0 Å². The number of aliphatic hydroxyl groups excluding tert-OH is 1. The highest BCUT2D eigenvalue weighted by Crippen LogP contribution is 2.67. The molecule has 3 aliphatic heterocycles. The normalized spacial score (nSPS) is 26.7. The Kier molecular flexibility index (Phi) is 9.64. The molecule has 3 saturated heterocycles. The van der Waals surface area contributed by atoms with Gasteiger partial charge in [-0.05, 0) is 49.4 Å². The Hall–Kier alpha value is -3.07. The Bertz CT molecular complexity index is 1420. The molecule has 0 aliphatic carbocycles. The summed E-state index contributed by atoms with van der Waals surface area (Å²) in [4.78, 5) is 49.3. The summed E-state index contributed by atoms with van der Waals surface area (Å²) in [7, 11) is 0. The van der Waals surface area contributed by atoms with Gasteiger partial charge in [-0.1, -0.05) is 74.4 Å². The zero-order valence-corrected chi connectivity index (χ0v) is 27.3. The number of fused-ring (bicyclic) bond motifs is 1. The molecule has 7 atom stereocenters. The average molecular weight is 636 g/mol. The van der Waals surface area contributed by atoms with E-state index in [1.807, 2.05) is 63.2 Å². The summed E-state index contributed by atoms with van der Waals surface area (Å²) in [6.07, 6.45) is 5.42. The van der Waals surface area contributed by atoms with Crippen molar-refractivity contribution in [1.29, 1.82) is 0 Å². The third-order valence-electron chi connectivity index (χ3n) is 9.78. The fourth-order valence-electron chi connectivity index (χ4n) is 7.60. The summed E-state index contributed by atoms with van der Waals surface area (Å²) in [6, 6.07) is 13.5. The van der Waals surface area contributed by atoms with Crippen molar-refractivity contribution in [2.45, 2.75) is 62.1 Å². The molecule has 0 saturated carbocycles. The summed E-state index contributed by atoms with van der Waals surface area (Å²) in [5.41, 5.74) is 2.16. The molecule has 44 heavy (non-hydrogen) atoms. The van der Waals surface area contributed by atoms with E-state index >= 15 is 4.79 Å². The van der Waals surface area contributed by atoms with Gasteiger partial charge in [0.1, 0.15) is 6.04 Å². The second kappa shape index (κ2) is 13.1. The van der Waals surface area contributed by atoms with Crippen LogP contribution in [0.15, 0.2) is 73.8 Å². The first-order valence-electron chi connectivity index (χ1n) is 15.4. The van der Waals surface area contributed by atoms with Crippen LogP contribution in [-0.2, 0) is 14.4 Å². The molecular formula is C35H42ClN3O4S. The summed E-state index contributed by atoms with van der Waals surface area (Å²) < 4.78 is -0.814. The van der Waals surface area contributed by atoms with E-state index in [9.17, 15) is 14.7 Å². The predicted molar refractivity (Wildman–Crippen MR) is 179 cm³/mol. The molecule has 3 amide bonds. The van der Waals surface area contributed by atoms with Crippen LogP contribution >= 0.6 is 23.4 Å². The zero-order valence-electron chi connectivity index (χ0n) is 25.7. The average Bonchev–Trinajstić information content (AvgIpc) is 3.67. The lowest BCUT2D eigenvalue weighted by Gasteiger charge is -2.41. The molecule has 2 unspecified atom stereocenters. The number of rotatable bonds is 12. The highest BCUT2D eigenvalue weighted by atomic mass is 35.5. The first kappa shape index (κ1) is 32.3. The van der Waals surface area contributed by atoms with Gasteiger partial charge in [-0.3, -0.25) is 14.4 Å². The Morgan fingerprint density at radius 1 is 1.11 bits per heavy atom. The topological polar surface area (TPSA) is 81.2 Å². The van der Waals surface area contributed by atoms with Crippen LogP contribution < -0.4 is 9.80 Å². The van der Waals surface area contributed by atoms with Gasteiger partial charge in [0, 0.05) is 24.0 Å². The number of hydrogen-bond donors (Lipinski definition) is 1. The maximum Gasteiger partial charge on any atom is 0.251 e. The Morgan fingerprint density at radius 3 is 2.41 bits per heavy atom. The SMILES string of the molecule is C=CCN(C(=O)[C@@H]1[C@H]2C(=O)N([C@@H](CO)[C@@H](C)CC)C(C(=O)N(CC=C)c3c(C)cccc3Cl)C23CC[C@H]1S3)c1ccccc1. The van der Waals surface area contributed by atoms with Gasteiger partial charge in [-0.2, -0.15) is 0 Å². The number of carbonyl (C=O) groups is 3. The quantitative estimate of drug-likeness (QED) is 0.295. The standard InChI is InChI=1S/C35H42ClN3O4S/c1-6-19-37(24-14-10-9-11-15-24)32(41)28-27-17-18-35(44-27)29(28)33(42)39(26(21-40)22(4)8-3)31(35)34(43)38(20-7-2)30-23(5)13-12-16-25(30)36/h6-7,9-16,22,26-29,31,40H,1-2,8,17-21H2,3-5H3/t22-,26-,27+,28-,29-,31?,35?/m0/s1. The van der Waals surface area contributed by atoms with Crippen molar-refractivity contribution in [2.24, 2.45) is 17.8 Å². The largest absolute Gasteiger partial charge is 0.394 e. The number of anilines is 2. The van der Waals surface area contributed by atoms with E-state index in [1.54, 1.807) is 44.7 Å². The van der Waals surface area contributed by atoms with E-state index < -0.39 is 28.7 Å². The number of hydrogen-bond acceptors (Lipinski definition) is 5. The van der Waals surface area contributed by atoms with Crippen LogP contribution in [0.2, 0.25) is 5.02 Å². The van der Waals surface area contributed by atoms with Gasteiger partial charge in [0.15, 0.2) is 0 Å². The second-order valence-corrected chi connectivity index (χ2v) is 14.2. The summed E-state index contributed by atoms with van der Waals surface area (Å²) in [6.45, 7) is 13.9. The lowest BCUT2D eigenvalue weighted by molar-refractivity contribution is -0.143. The zero-order chi connectivity index (χ0) is 31.8. The lowest BCUT2D eigenvalue weighted by atomic mass is 9.70. The van der Waals surface area contributed by atoms with Crippen LogP contribution in [-0.4, -0.2) is 69.5 Å². The van der Waals surface area contributed by atoms with Gasteiger partial charge in [0.05, 0.1) is 39.9 Å². The van der Waals surface area contributed by atoms with Gasteiger partial charge in [0.2, 0.25) is 11.8 Å². The predicted octanol–water partition coefficient (Wildman–Crippen LogP) is 5.88. The van der Waals surface area contributed by atoms with Gasteiger partial charge in [-0.25, -0.2) is 0 Å². The molecule has 5 rings (SSSR count). The molecule has 7 nitrogen and oxygen atoms in total. The first-order chi connectivity index (χ1) is 21.2. The number of halogens is 1. The number of para-hydroxylation sites is 2. The molecule has 3 fully saturated rings. The lowest BCUT2D eigenvalue weighted by Crippen LogP contribution is -2.59. The summed E-state index contributed by atoms with van der Waals surface area (Å²) in [5.74, 6) is -1.98. The molecule has 3 aliphatic rings. The van der Waals surface area contributed by atoms with E-state index in [-0.39, 0.29) is 42.0 Å². The van der Waals surface area contributed by atoms with Crippen molar-refractivity contribution in [3.05, 3.63) is 84.4 Å². The molecule has 9 heteroatoms. The van der Waals surface area contributed by atoms with E-state index in [0.717, 1.165) is 17.7 Å². The van der Waals surface area contributed by atoms with E-state index in [4.69, 9.17) is 11.6 Å². The minimum Gasteiger partial charge on any atom is -0.394 e. The minimum atomic E-state index is -0.876. The number of benzene rings is 2. The van der Waals surface area contributed by atoms with Crippen molar-refractivity contribution in [2.75, 3.05) is 29.5 Å². The molecule has 1 spiro atoms. The maximum atomic E-state index is 15.0. The van der Waals surface area contributed by atoms with Crippen molar-refractivity contribution in [3.8, 4) is 0 Å². The van der Waals surface area contributed by atoms with Crippen LogP contribution in [0.3, 0.4) is 0 Å². The summed E-state index contributed by atoms with van der Waals surface area (Å²) in [5, 5.41) is 11.1. The van der Waals surface area contributed by atoms with E-state index in [2.05, 4.69) is 13.2 Å². The van der Waals surface area contributed by atoms with Gasteiger partial charge in [-0.15, -0.1) is 24.9 Å². The number of carbonyl (C=O) groups excluding carboxylic acids is 3. The monoisotopic (exact) mass is 635 g/mol. The fourth-order valence-corrected chi connectivity index (χ4v) is 10.1. The van der Waals surface area contributed by atoms with E-state index in [1.165, 1.54) is 0 Å². The van der Waals surface area contributed by atoms with Crippen molar-refractivity contribution in [3.63, 3.8) is 0 Å². The molecular weight excluding hydrogens is 594 g/mol. The number of aliphatic hydroxyl groups is 1. The Balaban J connectivity index is 1.64. The molecule has 0 aromatic heterocycles. The number of thioether (sulfide) groups is 1. The van der Waals surface area contributed by atoms with E-state index in [0.29, 0.717) is 30.1 Å². The molecule has 0 radical (unpaired) electrons. The number of aryl methyl sites for hydroxylation is 1. The molecule has 2 bridgehead atoms. The highest BCUT2D eigenvalue weighted by Gasteiger charge is 2.75. The number of nitrogens with zero attached hydrogens (tertiary/aromatic N) is 3. The Labute approximate surface area is 269 Å². The Morgan fingerprint density at radius 2 is 1.80 bits per heavy atom. The van der Waals surface area contributed by atoms with Crippen LogP contribution in [0.5, 0.6) is 0 Å². The van der Waals surface area contributed by atoms with Crippen LogP contribution in [0, 0.1) is 24.7 Å². The fraction of sp³-hybridized carbons (Fsp3) is 0.457. The third kappa shape index (κ3) is 5.19. The van der Waals surface area contributed by atoms with Gasteiger partial charge in [0.25, 0.3) is 5.91 Å². The molecule has 2 aromatic carbocycles. The van der Waals surface area contributed by atoms with Crippen molar-refractivity contribution < 1.29 is 19.5 Å². The minimum absolute atomic E-state index is 0.0673. The van der Waals surface area contributed by atoms with Crippen molar-refractivity contribution in [1.82, 2.24) is 4.90 Å². The van der Waals surface area contributed by atoms with Crippen LogP contribution in [0.4, 0.5) is 11.4 Å². The van der Waals surface area contributed by atoms with Crippen LogP contribution in [0.25, 0.3) is 0 Å².